The minimum Gasteiger partial charge on any atom is -0.481 e. The third kappa shape index (κ3) is 25.4. The Labute approximate surface area is 163 Å². The molecule has 122 valence electrons. The van der Waals surface area contributed by atoms with E-state index in [1.165, 1.54) is 70.6 Å². The van der Waals surface area contributed by atoms with Crippen LogP contribution in [0.5, 0.6) is 0 Å². The molecule has 0 aliphatic rings. The minimum absolute atomic E-state index is 0. The number of hydrogen-bond donors (Lipinski definition) is 1. The average molecular weight is 413 g/mol. The Hall–Kier alpha value is 0.457. The number of allylic oxidation sites excluding steroid dienone is 2. The van der Waals surface area contributed by atoms with Crippen molar-refractivity contribution >= 4 is 5.97 Å². The fourth-order valence-corrected chi connectivity index (χ4v) is 2.35. The van der Waals surface area contributed by atoms with Crippen LogP contribution in [-0.4, -0.2) is 11.1 Å². The summed E-state index contributed by atoms with van der Waals surface area (Å²) in [5.74, 6) is -0.664. The zero-order valence-corrected chi connectivity index (χ0v) is 20.8. The van der Waals surface area contributed by atoms with Crippen LogP contribution in [0.2, 0.25) is 0 Å². The van der Waals surface area contributed by atoms with E-state index in [1.807, 2.05) is 0 Å². The van der Waals surface area contributed by atoms with E-state index in [0.29, 0.717) is 6.42 Å². The molecule has 22 heavy (non-hydrogen) atoms. The van der Waals surface area contributed by atoms with Gasteiger partial charge in [0.15, 0.2) is 0 Å². The van der Waals surface area contributed by atoms with Crippen molar-refractivity contribution in [3.8, 4) is 0 Å². The van der Waals surface area contributed by atoms with Crippen molar-refractivity contribution in [2.75, 3.05) is 0 Å². The molecule has 0 heterocycles. The van der Waals surface area contributed by atoms with Crippen molar-refractivity contribution in [3.05, 3.63) is 12.2 Å². The molecule has 0 aromatic rings. The minimum atomic E-state index is -0.664. The van der Waals surface area contributed by atoms with Crippen molar-refractivity contribution in [1.82, 2.24) is 0 Å². The first-order valence-corrected chi connectivity index (χ1v) is 8.64. The van der Waals surface area contributed by atoms with Crippen molar-refractivity contribution in [3.63, 3.8) is 0 Å². The molecule has 0 aromatic carbocycles. The molecule has 0 saturated carbocycles. The molecule has 4 heteroatoms. The van der Waals surface area contributed by atoms with Crippen LogP contribution in [0.3, 0.4) is 0 Å². The summed E-state index contributed by atoms with van der Waals surface area (Å²) in [5, 5.41) is 8.51. The summed E-state index contributed by atoms with van der Waals surface area (Å²) in [6.07, 6.45) is 21.2. The molecule has 0 saturated heterocycles. The second-order valence-corrected chi connectivity index (χ2v) is 5.73. The number of carbonyl (C=O) groups is 1. The van der Waals surface area contributed by atoms with Gasteiger partial charge in [0.1, 0.15) is 0 Å². The number of carboxylic acid groups (broad SMARTS) is 1. The molecule has 0 radical (unpaired) electrons. The van der Waals surface area contributed by atoms with Crippen molar-refractivity contribution in [2.24, 2.45) is 0 Å². The van der Waals surface area contributed by atoms with Gasteiger partial charge in [-0.1, -0.05) is 70.4 Å². The van der Waals surface area contributed by atoms with Crippen LogP contribution >= 0.6 is 0 Å². The predicted molar refractivity (Wildman–Crippen MR) is 87.1 cm³/mol. The van der Waals surface area contributed by atoms with Crippen molar-refractivity contribution in [2.45, 2.75) is 96.8 Å². The van der Waals surface area contributed by atoms with Crippen LogP contribution in [0.4, 0.5) is 0 Å². The molecule has 0 aliphatic heterocycles. The van der Waals surface area contributed by atoms with Gasteiger partial charge in [0.2, 0.25) is 0 Å². The van der Waals surface area contributed by atoms with Gasteiger partial charge in [0.05, 0.1) is 0 Å². The monoisotopic (exact) mass is 410 g/mol. The summed E-state index contributed by atoms with van der Waals surface area (Å²) < 4.78 is 0. The quantitative estimate of drug-likeness (QED) is 0.200. The maximum Gasteiger partial charge on any atom is 0.303 e. The van der Waals surface area contributed by atoms with Gasteiger partial charge in [-0.05, 0) is 32.1 Å². The van der Waals surface area contributed by atoms with E-state index < -0.39 is 5.97 Å². The second kappa shape index (κ2) is 23.7. The molecule has 0 spiro atoms. The van der Waals surface area contributed by atoms with E-state index >= 15 is 0 Å². The summed E-state index contributed by atoms with van der Waals surface area (Å²) in [4.78, 5) is 10.3. The van der Waals surface area contributed by atoms with Crippen LogP contribution in [0, 0.1) is 0 Å². The standard InChI is InChI=1S/C18H34O2.2Zn/c1-2-3-4-5-6-7-8-9-10-11-12-13-14-15-16-17-18(19)20;;/h9-10H,2-8,11-17H2,1H3,(H,19,20);;/b10-9-;;. The first-order valence-electron chi connectivity index (χ1n) is 8.64. The fourth-order valence-electron chi connectivity index (χ4n) is 2.35. The van der Waals surface area contributed by atoms with Crippen LogP contribution in [0.15, 0.2) is 12.2 Å². The number of hydrogen-bond acceptors (Lipinski definition) is 1. The van der Waals surface area contributed by atoms with Gasteiger partial charge >= 0.3 is 5.97 Å². The summed E-state index contributed by atoms with van der Waals surface area (Å²) in [5.41, 5.74) is 0. The Kier molecular flexibility index (Phi) is 29.4. The van der Waals surface area contributed by atoms with E-state index in [-0.39, 0.29) is 39.0 Å². The first-order chi connectivity index (χ1) is 9.77. The summed E-state index contributed by atoms with van der Waals surface area (Å²) in [7, 11) is 0. The van der Waals surface area contributed by atoms with Crippen LogP contribution in [0.25, 0.3) is 0 Å². The third-order valence-electron chi connectivity index (χ3n) is 3.65. The zero-order chi connectivity index (χ0) is 14.9. The Balaban J connectivity index is -0.00000180. The number of carboxylic acids is 1. The molecule has 0 bridgehead atoms. The van der Waals surface area contributed by atoms with Crippen LogP contribution in [-0.2, 0) is 43.8 Å². The summed E-state index contributed by atoms with van der Waals surface area (Å²) >= 11 is 0. The molecule has 2 nitrogen and oxygen atoms in total. The normalized spacial score (nSPS) is 10.2. The molecular weight excluding hydrogens is 379 g/mol. The van der Waals surface area contributed by atoms with Gasteiger partial charge in [-0.2, -0.15) is 0 Å². The fraction of sp³-hybridized carbons (Fsp3) is 0.833. The van der Waals surface area contributed by atoms with E-state index in [4.69, 9.17) is 5.11 Å². The molecule has 0 aliphatic carbocycles. The summed E-state index contributed by atoms with van der Waals surface area (Å²) in [6, 6.07) is 0. The van der Waals surface area contributed by atoms with Gasteiger partial charge in [-0.3, -0.25) is 4.79 Å². The van der Waals surface area contributed by atoms with Gasteiger partial charge in [-0.25, -0.2) is 0 Å². The maximum absolute atomic E-state index is 10.3. The van der Waals surface area contributed by atoms with Crippen molar-refractivity contribution < 1.29 is 48.9 Å². The molecule has 0 unspecified atom stereocenters. The third-order valence-corrected chi connectivity index (χ3v) is 3.65. The van der Waals surface area contributed by atoms with Gasteiger partial charge < -0.3 is 5.11 Å². The Morgan fingerprint density at radius 2 is 1.14 bits per heavy atom. The molecule has 0 fully saturated rings. The first kappa shape index (κ1) is 27.3. The van der Waals surface area contributed by atoms with E-state index in [9.17, 15) is 4.79 Å². The van der Waals surface area contributed by atoms with E-state index in [1.54, 1.807) is 0 Å². The van der Waals surface area contributed by atoms with Crippen LogP contribution in [0.1, 0.15) is 96.8 Å². The molecule has 0 amide bonds. The van der Waals surface area contributed by atoms with Gasteiger partial charge in [-0.15, -0.1) is 0 Å². The Morgan fingerprint density at radius 3 is 1.59 bits per heavy atom. The molecule has 0 atom stereocenters. The summed E-state index contributed by atoms with van der Waals surface area (Å²) in [6.45, 7) is 2.26. The van der Waals surface area contributed by atoms with Gasteiger partial charge in [0, 0.05) is 45.4 Å². The number of unbranched alkanes of at least 4 members (excludes halogenated alkanes) is 11. The topological polar surface area (TPSA) is 37.3 Å². The Morgan fingerprint density at radius 1 is 0.727 bits per heavy atom. The second-order valence-electron chi connectivity index (χ2n) is 5.73. The zero-order valence-electron chi connectivity index (χ0n) is 14.8. The molecule has 1 N–H and O–H groups in total. The molecule has 0 rings (SSSR count). The number of aliphatic carboxylic acids is 1. The maximum atomic E-state index is 10.3. The van der Waals surface area contributed by atoms with Gasteiger partial charge in [0.25, 0.3) is 0 Å². The van der Waals surface area contributed by atoms with E-state index in [0.717, 1.165) is 12.8 Å². The van der Waals surface area contributed by atoms with Crippen LogP contribution < -0.4 is 0 Å². The SMILES string of the molecule is CCCCCCCC/C=C\CCCCCCCC(=O)O.[Zn].[Zn]. The largest absolute Gasteiger partial charge is 0.481 e. The molecular formula is C18H34O2Zn2. The van der Waals surface area contributed by atoms with Crippen molar-refractivity contribution in [1.29, 1.82) is 0 Å². The molecule has 0 aromatic heterocycles. The average Bonchev–Trinajstić information content (AvgIpc) is 2.43. The number of rotatable bonds is 15. The van der Waals surface area contributed by atoms with E-state index in [2.05, 4.69) is 19.1 Å². The predicted octanol–water partition coefficient (Wildman–Crippen LogP) is 6.10. The smallest absolute Gasteiger partial charge is 0.303 e. The Bertz CT molecular complexity index is 243.